The van der Waals surface area contributed by atoms with Crippen molar-refractivity contribution in [2.75, 3.05) is 25.3 Å². The van der Waals surface area contributed by atoms with E-state index in [-0.39, 0.29) is 11.6 Å². The van der Waals surface area contributed by atoms with E-state index < -0.39 is 0 Å². The van der Waals surface area contributed by atoms with Crippen molar-refractivity contribution in [2.24, 2.45) is 0 Å². The largest absolute Gasteiger partial charge is 0.497 e. The molecule has 3 N–H and O–H groups in total. The van der Waals surface area contributed by atoms with E-state index >= 15 is 0 Å². The van der Waals surface area contributed by atoms with Gasteiger partial charge < -0.3 is 20.5 Å². The molecular weight excluding hydrogens is 258 g/mol. The van der Waals surface area contributed by atoms with Crippen LogP contribution in [0.2, 0.25) is 0 Å². The highest BCUT2D eigenvalue weighted by molar-refractivity contribution is 6.03. The summed E-state index contributed by atoms with van der Waals surface area (Å²) in [5.74, 6) is 0.813. The molecule has 104 valence electrons. The lowest BCUT2D eigenvalue weighted by atomic mass is 10.2. The molecule has 1 aromatic carbocycles. The van der Waals surface area contributed by atoms with Gasteiger partial charge in [0.05, 0.1) is 14.2 Å². The number of nitrogen functional groups attached to an aromatic ring is 1. The lowest BCUT2D eigenvalue weighted by Gasteiger charge is -2.09. The Bertz CT molecular complexity index is 607. The van der Waals surface area contributed by atoms with E-state index in [0.29, 0.717) is 22.9 Å². The molecule has 0 unspecified atom stereocenters. The molecule has 1 aromatic heterocycles. The van der Waals surface area contributed by atoms with E-state index in [1.165, 1.54) is 12.3 Å². The van der Waals surface area contributed by atoms with Gasteiger partial charge in [-0.25, -0.2) is 0 Å². The summed E-state index contributed by atoms with van der Waals surface area (Å²) in [6.07, 6.45) is 1.48. The molecule has 6 nitrogen and oxygen atoms in total. The van der Waals surface area contributed by atoms with Gasteiger partial charge in [0.15, 0.2) is 0 Å². The van der Waals surface area contributed by atoms with Crippen LogP contribution in [0.4, 0.5) is 11.4 Å². The summed E-state index contributed by atoms with van der Waals surface area (Å²) in [4.78, 5) is 16.0. The maximum atomic E-state index is 12.1. The van der Waals surface area contributed by atoms with E-state index in [2.05, 4.69) is 10.3 Å². The topological polar surface area (TPSA) is 86.5 Å². The van der Waals surface area contributed by atoms with Crippen LogP contribution in [0.25, 0.3) is 0 Å². The van der Waals surface area contributed by atoms with Crippen LogP contribution < -0.4 is 20.5 Å². The number of carbonyl (C=O) groups is 1. The molecule has 0 spiro atoms. The number of aromatic nitrogens is 1. The molecule has 0 saturated heterocycles. The SMILES string of the molecule is COc1cc(NC(=O)c2cc(N)ccn2)cc(OC)c1. The third-order valence-corrected chi connectivity index (χ3v) is 2.63. The van der Waals surface area contributed by atoms with Gasteiger partial charge in [0.1, 0.15) is 17.2 Å². The molecule has 1 heterocycles. The van der Waals surface area contributed by atoms with Gasteiger partial charge in [-0.05, 0) is 12.1 Å². The number of hydrogen-bond acceptors (Lipinski definition) is 5. The van der Waals surface area contributed by atoms with Crippen LogP contribution in [0, 0.1) is 0 Å². The molecule has 2 rings (SSSR count). The van der Waals surface area contributed by atoms with Crippen molar-refractivity contribution in [1.82, 2.24) is 4.98 Å². The second-order valence-corrected chi connectivity index (χ2v) is 4.03. The first-order chi connectivity index (χ1) is 9.62. The Morgan fingerprint density at radius 1 is 1.15 bits per heavy atom. The molecule has 0 aliphatic heterocycles. The smallest absolute Gasteiger partial charge is 0.274 e. The fraction of sp³-hybridized carbons (Fsp3) is 0.143. The van der Waals surface area contributed by atoms with Crippen LogP contribution in [-0.2, 0) is 0 Å². The molecule has 0 atom stereocenters. The van der Waals surface area contributed by atoms with Crippen LogP contribution in [0.1, 0.15) is 10.5 Å². The minimum atomic E-state index is -0.354. The maximum Gasteiger partial charge on any atom is 0.274 e. The first-order valence-electron chi connectivity index (χ1n) is 5.88. The number of methoxy groups -OCH3 is 2. The van der Waals surface area contributed by atoms with E-state index in [1.54, 1.807) is 38.5 Å². The Morgan fingerprint density at radius 2 is 1.80 bits per heavy atom. The average molecular weight is 273 g/mol. The summed E-state index contributed by atoms with van der Waals surface area (Å²) in [5.41, 5.74) is 6.89. The van der Waals surface area contributed by atoms with Gasteiger partial charge in [0.25, 0.3) is 5.91 Å². The van der Waals surface area contributed by atoms with E-state index in [0.717, 1.165) is 0 Å². The number of amides is 1. The third-order valence-electron chi connectivity index (χ3n) is 2.63. The number of anilines is 2. The van der Waals surface area contributed by atoms with Crippen LogP contribution in [0.5, 0.6) is 11.5 Å². The molecule has 0 fully saturated rings. The Labute approximate surface area is 116 Å². The van der Waals surface area contributed by atoms with Crippen LogP contribution >= 0.6 is 0 Å². The van der Waals surface area contributed by atoms with Crippen molar-refractivity contribution >= 4 is 17.3 Å². The minimum absolute atomic E-state index is 0.242. The first kappa shape index (κ1) is 13.7. The summed E-state index contributed by atoms with van der Waals surface area (Å²) >= 11 is 0. The van der Waals surface area contributed by atoms with Crippen molar-refractivity contribution in [3.63, 3.8) is 0 Å². The average Bonchev–Trinajstić information content (AvgIpc) is 2.46. The van der Waals surface area contributed by atoms with Crippen molar-refractivity contribution in [1.29, 1.82) is 0 Å². The third kappa shape index (κ3) is 3.17. The normalized spacial score (nSPS) is 9.90. The fourth-order valence-corrected chi connectivity index (χ4v) is 1.65. The number of nitrogens with two attached hydrogens (primary N) is 1. The minimum Gasteiger partial charge on any atom is -0.497 e. The summed E-state index contributed by atoms with van der Waals surface area (Å²) < 4.78 is 10.3. The molecule has 2 aromatic rings. The zero-order valence-corrected chi connectivity index (χ0v) is 11.2. The van der Waals surface area contributed by atoms with Crippen LogP contribution in [-0.4, -0.2) is 25.1 Å². The van der Waals surface area contributed by atoms with Gasteiger partial charge >= 0.3 is 0 Å². The lowest BCUT2D eigenvalue weighted by Crippen LogP contribution is -2.14. The van der Waals surface area contributed by atoms with Gasteiger partial charge in [0, 0.05) is 35.8 Å². The number of rotatable bonds is 4. The molecule has 0 bridgehead atoms. The second kappa shape index (κ2) is 5.92. The summed E-state index contributed by atoms with van der Waals surface area (Å²) in [7, 11) is 3.08. The highest BCUT2D eigenvalue weighted by Crippen LogP contribution is 2.26. The lowest BCUT2D eigenvalue weighted by molar-refractivity contribution is 0.102. The van der Waals surface area contributed by atoms with Gasteiger partial charge in [-0.1, -0.05) is 0 Å². The monoisotopic (exact) mass is 273 g/mol. The molecular formula is C14H15N3O3. The van der Waals surface area contributed by atoms with E-state index in [9.17, 15) is 4.79 Å². The van der Waals surface area contributed by atoms with Crippen molar-refractivity contribution in [3.05, 3.63) is 42.2 Å². The van der Waals surface area contributed by atoms with E-state index in [1.807, 2.05) is 0 Å². The van der Waals surface area contributed by atoms with Gasteiger partial charge in [-0.3, -0.25) is 9.78 Å². The number of carbonyl (C=O) groups excluding carboxylic acids is 1. The van der Waals surface area contributed by atoms with E-state index in [4.69, 9.17) is 15.2 Å². The quantitative estimate of drug-likeness (QED) is 0.889. The number of nitrogens with zero attached hydrogens (tertiary/aromatic N) is 1. The molecule has 1 amide bonds. The highest BCUT2D eigenvalue weighted by atomic mass is 16.5. The second-order valence-electron chi connectivity index (χ2n) is 4.03. The predicted molar refractivity (Wildman–Crippen MR) is 76.1 cm³/mol. The Balaban J connectivity index is 2.23. The summed E-state index contributed by atoms with van der Waals surface area (Å²) in [5, 5.41) is 2.72. The highest BCUT2D eigenvalue weighted by Gasteiger charge is 2.09. The summed E-state index contributed by atoms with van der Waals surface area (Å²) in [6, 6.07) is 8.21. The Morgan fingerprint density at radius 3 is 2.35 bits per heavy atom. The summed E-state index contributed by atoms with van der Waals surface area (Å²) in [6.45, 7) is 0. The molecule has 20 heavy (non-hydrogen) atoms. The first-order valence-corrected chi connectivity index (χ1v) is 5.88. The molecule has 0 saturated carbocycles. The van der Waals surface area contributed by atoms with Gasteiger partial charge in [-0.15, -0.1) is 0 Å². The van der Waals surface area contributed by atoms with Crippen LogP contribution in [0.15, 0.2) is 36.5 Å². The Hall–Kier alpha value is -2.76. The fourth-order valence-electron chi connectivity index (χ4n) is 1.65. The molecule has 0 aliphatic rings. The number of nitrogens with one attached hydrogen (secondary N) is 1. The molecule has 6 heteroatoms. The number of benzene rings is 1. The van der Waals surface area contributed by atoms with Gasteiger partial charge in [-0.2, -0.15) is 0 Å². The number of hydrogen-bond donors (Lipinski definition) is 2. The molecule has 0 radical (unpaired) electrons. The van der Waals surface area contributed by atoms with Crippen molar-refractivity contribution < 1.29 is 14.3 Å². The molecule has 0 aliphatic carbocycles. The number of pyridine rings is 1. The number of ether oxygens (including phenoxy) is 2. The Kier molecular flexibility index (Phi) is 4.05. The van der Waals surface area contributed by atoms with Crippen LogP contribution in [0.3, 0.4) is 0 Å². The zero-order valence-electron chi connectivity index (χ0n) is 11.2. The predicted octanol–water partition coefficient (Wildman–Crippen LogP) is 1.93. The zero-order chi connectivity index (χ0) is 14.5. The van der Waals surface area contributed by atoms with Crippen molar-refractivity contribution in [3.8, 4) is 11.5 Å². The maximum absolute atomic E-state index is 12.1. The van der Waals surface area contributed by atoms with Gasteiger partial charge in [0.2, 0.25) is 0 Å². The van der Waals surface area contributed by atoms with Crippen molar-refractivity contribution in [2.45, 2.75) is 0 Å². The standard InChI is InChI=1S/C14H15N3O3/c1-19-11-6-10(7-12(8-11)20-2)17-14(18)13-5-9(15)3-4-16-13/h3-8H,1-2H3,(H2,15,16)(H,17,18).